The van der Waals surface area contributed by atoms with Crippen LogP contribution in [0.4, 0.5) is 0 Å². The average Bonchev–Trinajstić information content (AvgIpc) is 2.18. The molecular formula is C11H13BrClNO. The highest BCUT2D eigenvalue weighted by Crippen LogP contribution is 2.21. The molecule has 82 valence electrons. The number of carbonyl (C=O) groups is 1. The molecular weight excluding hydrogens is 277 g/mol. The fourth-order valence-electron chi connectivity index (χ4n) is 1.30. The van der Waals surface area contributed by atoms with E-state index in [4.69, 9.17) is 11.6 Å². The van der Waals surface area contributed by atoms with Gasteiger partial charge in [0, 0.05) is 16.8 Å². The molecule has 0 radical (unpaired) electrons. The summed E-state index contributed by atoms with van der Waals surface area (Å²) in [7, 11) is 0. The Morgan fingerprint density at radius 3 is 2.80 bits per heavy atom. The second kappa shape index (κ2) is 6.13. The molecule has 0 aliphatic rings. The van der Waals surface area contributed by atoms with Crippen LogP contribution in [0.15, 0.2) is 24.3 Å². The number of halogens is 2. The van der Waals surface area contributed by atoms with Crippen molar-refractivity contribution in [3.8, 4) is 0 Å². The minimum Gasteiger partial charge on any atom is -0.350 e. The number of amides is 1. The van der Waals surface area contributed by atoms with Crippen LogP contribution in [0.2, 0.25) is 5.02 Å². The first-order valence-corrected chi connectivity index (χ1v) is 6.25. The molecule has 0 saturated carbocycles. The van der Waals surface area contributed by atoms with E-state index in [1.54, 1.807) is 0 Å². The van der Waals surface area contributed by atoms with Gasteiger partial charge in [-0.1, -0.05) is 45.7 Å². The molecule has 1 atom stereocenters. The summed E-state index contributed by atoms with van der Waals surface area (Å²) in [5, 5.41) is 4.24. The standard InChI is InChI=1S/C11H13BrClNO/c1-8(14-11(15)6-7-12)9-4-2-3-5-10(9)13/h2-5,8H,6-7H2,1H3,(H,14,15)/t8-/m1/s1. The van der Waals surface area contributed by atoms with Crippen LogP contribution in [-0.4, -0.2) is 11.2 Å². The van der Waals surface area contributed by atoms with Gasteiger partial charge in [0.15, 0.2) is 0 Å². The quantitative estimate of drug-likeness (QED) is 0.847. The number of carbonyl (C=O) groups excluding carboxylic acids is 1. The number of rotatable bonds is 4. The maximum atomic E-state index is 11.4. The number of benzene rings is 1. The van der Waals surface area contributed by atoms with Crippen molar-refractivity contribution in [2.45, 2.75) is 19.4 Å². The topological polar surface area (TPSA) is 29.1 Å². The number of nitrogens with one attached hydrogen (secondary N) is 1. The van der Waals surface area contributed by atoms with Crippen molar-refractivity contribution in [1.82, 2.24) is 5.32 Å². The molecule has 2 nitrogen and oxygen atoms in total. The van der Waals surface area contributed by atoms with E-state index >= 15 is 0 Å². The highest BCUT2D eigenvalue weighted by Gasteiger charge is 2.11. The van der Waals surface area contributed by atoms with Crippen LogP contribution >= 0.6 is 27.5 Å². The summed E-state index contributed by atoms with van der Waals surface area (Å²) in [6, 6.07) is 7.48. The molecule has 0 saturated heterocycles. The summed E-state index contributed by atoms with van der Waals surface area (Å²) < 4.78 is 0. The van der Waals surface area contributed by atoms with Gasteiger partial charge in [-0.25, -0.2) is 0 Å². The Morgan fingerprint density at radius 2 is 2.20 bits per heavy atom. The van der Waals surface area contributed by atoms with Crippen LogP contribution in [0.5, 0.6) is 0 Å². The number of hydrogen-bond donors (Lipinski definition) is 1. The van der Waals surface area contributed by atoms with Crippen LogP contribution in [-0.2, 0) is 4.79 Å². The van der Waals surface area contributed by atoms with E-state index in [1.807, 2.05) is 31.2 Å². The normalized spacial score (nSPS) is 12.2. The predicted octanol–water partition coefficient (Wildman–Crippen LogP) is 3.30. The smallest absolute Gasteiger partial charge is 0.221 e. The molecule has 15 heavy (non-hydrogen) atoms. The maximum Gasteiger partial charge on any atom is 0.221 e. The third kappa shape index (κ3) is 3.84. The Kier molecular flexibility index (Phi) is 5.12. The van der Waals surface area contributed by atoms with Gasteiger partial charge in [-0.2, -0.15) is 0 Å². The largest absolute Gasteiger partial charge is 0.350 e. The molecule has 0 heterocycles. The summed E-state index contributed by atoms with van der Waals surface area (Å²) in [4.78, 5) is 11.4. The monoisotopic (exact) mass is 289 g/mol. The molecule has 0 spiro atoms. The zero-order chi connectivity index (χ0) is 11.3. The van der Waals surface area contributed by atoms with Gasteiger partial charge in [0.05, 0.1) is 6.04 Å². The van der Waals surface area contributed by atoms with Crippen molar-refractivity contribution < 1.29 is 4.79 Å². The molecule has 1 aromatic rings. The van der Waals surface area contributed by atoms with E-state index in [2.05, 4.69) is 21.2 Å². The third-order valence-electron chi connectivity index (χ3n) is 2.07. The van der Waals surface area contributed by atoms with Gasteiger partial charge < -0.3 is 5.32 Å². The molecule has 4 heteroatoms. The Bertz CT molecular complexity index is 343. The van der Waals surface area contributed by atoms with E-state index in [-0.39, 0.29) is 11.9 Å². The minimum atomic E-state index is -0.0507. The van der Waals surface area contributed by atoms with Gasteiger partial charge in [-0.3, -0.25) is 4.79 Å². The molecule has 1 N–H and O–H groups in total. The summed E-state index contributed by atoms with van der Waals surface area (Å²) in [5.74, 6) is 0.0271. The lowest BCUT2D eigenvalue weighted by molar-refractivity contribution is -0.121. The second-order valence-corrected chi connectivity index (χ2v) is 4.45. The van der Waals surface area contributed by atoms with Crippen LogP contribution in [0.1, 0.15) is 24.9 Å². The fourth-order valence-corrected chi connectivity index (χ4v) is 1.96. The van der Waals surface area contributed by atoms with Crippen LogP contribution < -0.4 is 5.32 Å². The molecule has 0 bridgehead atoms. The van der Waals surface area contributed by atoms with E-state index < -0.39 is 0 Å². The Morgan fingerprint density at radius 1 is 1.53 bits per heavy atom. The molecule has 0 unspecified atom stereocenters. The number of alkyl halides is 1. The van der Waals surface area contributed by atoms with Crippen molar-refractivity contribution in [1.29, 1.82) is 0 Å². The lowest BCUT2D eigenvalue weighted by Crippen LogP contribution is -2.26. The van der Waals surface area contributed by atoms with E-state index in [0.717, 1.165) is 5.56 Å². The van der Waals surface area contributed by atoms with Crippen LogP contribution in [0, 0.1) is 0 Å². The Balaban J connectivity index is 2.65. The maximum absolute atomic E-state index is 11.4. The third-order valence-corrected chi connectivity index (χ3v) is 2.81. The Hall–Kier alpha value is -0.540. The zero-order valence-corrected chi connectivity index (χ0v) is 10.8. The predicted molar refractivity (Wildman–Crippen MR) is 66.4 cm³/mol. The molecule has 0 fully saturated rings. The SMILES string of the molecule is C[C@@H](NC(=O)CCBr)c1ccccc1Cl. The molecule has 0 aromatic heterocycles. The highest BCUT2D eigenvalue weighted by atomic mass is 79.9. The molecule has 0 aliphatic carbocycles. The summed E-state index contributed by atoms with van der Waals surface area (Å²) >= 11 is 9.24. The van der Waals surface area contributed by atoms with E-state index in [1.165, 1.54) is 0 Å². The van der Waals surface area contributed by atoms with Crippen molar-refractivity contribution in [3.05, 3.63) is 34.9 Å². The van der Waals surface area contributed by atoms with Crippen LogP contribution in [0.25, 0.3) is 0 Å². The lowest BCUT2D eigenvalue weighted by Gasteiger charge is -2.15. The first-order valence-electron chi connectivity index (χ1n) is 4.75. The van der Waals surface area contributed by atoms with Crippen molar-refractivity contribution in [2.24, 2.45) is 0 Å². The molecule has 1 amide bonds. The molecule has 0 aliphatic heterocycles. The molecule has 1 rings (SSSR count). The zero-order valence-electron chi connectivity index (χ0n) is 8.47. The van der Waals surface area contributed by atoms with Gasteiger partial charge in [0.25, 0.3) is 0 Å². The van der Waals surface area contributed by atoms with Gasteiger partial charge in [-0.05, 0) is 18.6 Å². The van der Waals surface area contributed by atoms with Gasteiger partial charge in [0.2, 0.25) is 5.91 Å². The van der Waals surface area contributed by atoms with Crippen molar-refractivity contribution in [2.75, 3.05) is 5.33 Å². The Labute approximate surface area is 103 Å². The van der Waals surface area contributed by atoms with Gasteiger partial charge in [0.1, 0.15) is 0 Å². The van der Waals surface area contributed by atoms with Gasteiger partial charge in [-0.15, -0.1) is 0 Å². The lowest BCUT2D eigenvalue weighted by atomic mass is 10.1. The summed E-state index contributed by atoms with van der Waals surface area (Å²) in [6.45, 7) is 1.92. The van der Waals surface area contributed by atoms with E-state index in [9.17, 15) is 4.79 Å². The first kappa shape index (κ1) is 12.5. The van der Waals surface area contributed by atoms with E-state index in [0.29, 0.717) is 16.8 Å². The average molecular weight is 291 g/mol. The van der Waals surface area contributed by atoms with Crippen molar-refractivity contribution in [3.63, 3.8) is 0 Å². The summed E-state index contributed by atoms with van der Waals surface area (Å²) in [5.41, 5.74) is 0.946. The molecule has 1 aromatic carbocycles. The fraction of sp³-hybridized carbons (Fsp3) is 0.364. The minimum absolute atomic E-state index is 0.0271. The van der Waals surface area contributed by atoms with Crippen molar-refractivity contribution >= 4 is 33.4 Å². The summed E-state index contributed by atoms with van der Waals surface area (Å²) in [6.07, 6.45) is 0.481. The second-order valence-electron chi connectivity index (χ2n) is 3.25. The van der Waals surface area contributed by atoms with Gasteiger partial charge >= 0.3 is 0 Å². The van der Waals surface area contributed by atoms with Crippen LogP contribution in [0.3, 0.4) is 0 Å². The number of hydrogen-bond acceptors (Lipinski definition) is 1. The highest BCUT2D eigenvalue weighted by molar-refractivity contribution is 9.09. The first-order chi connectivity index (χ1) is 7.15.